The summed E-state index contributed by atoms with van der Waals surface area (Å²) in [5, 5.41) is 0. The van der Waals surface area contributed by atoms with Crippen LogP contribution < -0.4 is 9.04 Å². The number of hydrogen-bond acceptors (Lipinski definition) is 9. The van der Waals surface area contributed by atoms with Crippen LogP contribution in [-0.2, 0) is 25.9 Å². The third-order valence-corrected chi connectivity index (χ3v) is 10.6. The number of carbonyl (C=O) groups excluding carboxylic acids is 2. The Kier molecular flexibility index (Phi) is 10.4. The van der Waals surface area contributed by atoms with E-state index in [1.807, 2.05) is 24.3 Å². The largest absolute Gasteiger partial charge is 0.492 e. The molecule has 214 valence electrons. The number of benzene rings is 2. The Morgan fingerprint density at radius 2 is 1.75 bits per heavy atom. The Bertz CT molecular complexity index is 1420. The first-order valence-corrected chi connectivity index (χ1v) is 15.8. The summed E-state index contributed by atoms with van der Waals surface area (Å²) in [5.41, 5.74) is 1.67. The molecule has 0 atom stereocenters. The average molecular weight is 652 g/mol. The number of aryl methyl sites for hydroxylation is 1. The number of nitrogens with zero attached hydrogens (tertiary/aromatic N) is 2. The Morgan fingerprint density at radius 3 is 2.40 bits per heavy atom. The van der Waals surface area contributed by atoms with Crippen molar-refractivity contribution < 1.29 is 32.2 Å². The quantitative estimate of drug-likeness (QED) is 0.206. The summed E-state index contributed by atoms with van der Waals surface area (Å²) in [7, 11) is -1.26. The number of hydrogen-bond donors (Lipinski definition) is 0. The minimum atomic E-state index is -3.96. The van der Waals surface area contributed by atoms with Crippen LogP contribution in [0.3, 0.4) is 0 Å². The van der Waals surface area contributed by atoms with Crippen LogP contribution in [0.1, 0.15) is 32.0 Å². The number of esters is 1. The molecule has 9 nitrogen and oxygen atoms in total. The highest BCUT2D eigenvalue weighted by Gasteiger charge is 2.28. The lowest BCUT2D eigenvalue weighted by Gasteiger charge is -2.26. The van der Waals surface area contributed by atoms with Crippen LogP contribution in [0.5, 0.6) is 5.75 Å². The second-order valence-electron chi connectivity index (χ2n) is 9.13. The van der Waals surface area contributed by atoms with Crippen LogP contribution in [0.2, 0.25) is 0 Å². The topological polar surface area (TPSA) is 102 Å². The van der Waals surface area contributed by atoms with Crippen LogP contribution in [-0.4, -0.2) is 78.7 Å². The molecule has 1 fully saturated rings. The Morgan fingerprint density at radius 1 is 1.07 bits per heavy atom. The fourth-order valence-electron chi connectivity index (χ4n) is 4.13. The minimum Gasteiger partial charge on any atom is -0.492 e. The molecule has 0 N–H and O–H groups in total. The first-order chi connectivity index (χ1) is 19.2. The van der Waals surface area contributed by atoms with Crippen molar-refractivity contribution >= 4 is 54.7 Å². The number of morpholine rings is 1. The molecule has 1 aliphatic heterocycles. The number of halogens is 1. The van der Waals surface area contributed by atoms with Crippen molar-refractivity contribution in [2.24, 2.45) is 0 Å². The van der Waals surface area contributed by atoms with Gasteiger partial charge in [0.2, 0.25) is 0 Å². The SMILES string of the molecule is COC(=O)c1ccc(N(C)S(=O)(=O)c2cc(C(=O)CCc3ccc(OCCN4CCOCC4)cc3)sc2Br)cc1. The number of thiophene rings is 1. The van der Waals surface area contributed by atoms with E-state index >= 15 is 0 Å². The summed E-state index contributed by atoms with van der Waals surface area (Å²) in [6.45, 7) is 4.83. The number of rotatable bonds is 12. The van der Waals surface area contributed by atoms with Crippen molar-refractivity contribution in [3.63, 3.8) is 0 Å². The number of Topliss-reactive ketones (excluding diaryl/α,β-unsaturated/α-hetero) is 1. The van der Waals surface area contributed by atoms with E-state index in [1.54, 1.807) is 0 Å². The predicted octanol–water partition coefficient (Wildman–Crippen LogP) is 4.65. The van der Waals surface area contributed by atoms with Gasteiger partial charge in [-0.1, -0.05) is 12.1 Å². The van der Waals surface area contributed by atoms with Gasteiger partial charge in [-0.25, -0.2) is 13.2 Å². The molecule has 2 aromatic carbocycles. The molecular formula is C28H31BrN2O7S2. The van der Waals surface area contributed by atoms with E-state index in [0.29, 0.717) is 32.9 Å². The van der Waals surface area contributed by atoms with Crippen molar-refractivity contribution in [2.75, 3.05) is 57.9 Å². The maximum Gasteiger partial charge on any atom is 0.337 e. The highest BCUT2D eigenvalue weighted by atomic mass is 79.9. The van der Waals surface area contributed by atoms with Crippen LogP contribution in [0.4, 0.5) is 5.69 Å². The van der Waals surface area contributed by atoms with Crippen molar-refractivity contribution in [3.8, 4) is 5.75 Å². The van der Waals surface area contributed by atoms with Gasteiger partial charge in [-0.15, -0.1) is 11.3 Å². The molecule has 40 heavy (non-hydrogen) atoms. The fraction of sp³-hybridized carbons (Fsp3) is 0.357. The number of sulfonamides is 1. The fourth-order valence-corrected chi connectivity index (χ4v) is 7.80. The molecular weight excluding hydrogens is 620 g/mol. The molecule has 0 aliphatic carbocycles. The third-order valence-electron chi connectivity index (χ3n) is 6.56. The summed E-state index contributed by atoms with van der Waals surface area (Å²) >= 11 is 4.43. The zero-order valence-electron chi connectivity index (χ0n) is 22.3. The first kappa shape index (κ1) is 30.2. The monoisotopic (exact) mass is 650 g/mol. The van der Waals surface area contributed by atoms with Gasteiger partial charge in [0.25, 0.3) is 10.0 Å². The van der Waals surface area contributed by atoms with Crippen LogP contribution >= 0.6 is 27.3 Å². The van der Waals surface area contributed by atoms with Crippen molar-refractivity contribution in [2.45, 2.75) is 17.7 Å². The second-order valence-corrected chi connectivity index (χ2v) is 13.4. The molecule has 4 rings (SSSR count). The van der Waals surface area contributed by atoms with E-state index in [4.69, 9.17) is 9.47 Å². The lowest BCUT2D eigenvalue weighted by atomic mass is 10.1. The molecule has 0 bridgehead atoms. The van der Waals surface area contributed by atoms with E-state index in [0.717, 1.165) is 59.8 Å². The summed E-state index contributed by atoms with van der Waals surface area (Å²) in [6.07, 6.45) is 0.769. The standard InChI is InChI=1S/C28H31BrN2O7S2/c1-30(22-8-6-21(7-9-22)28(33)36-2)40(34,35)26-19-25(39-27(26)29)24(32)12-5-20-3-10-23(11-4-20)38-18-15-31-13-16-37-17-14-31/h3-4,6-11,19H,5,12-18H2,1-2H3. The van der Waals surface area contributed by atoms with E-state index in [1.165, 1.54) is 44.5 Å². The van der Waals surface area contributed by atoms with Gasteiger partial charge in [-0.3, -0.25) is 14.0 Å². The lowest BCUT2D eigenvalue weighted by molar-refractivity contribution is 0.0322. The molecule has 1 aliphatic rings. The Labute approximate surface area is 246 Å². The highest BCUT2D eigenvalue weighted by Crippen LogP contribution is 2.35. The highest BCUT2D eigenvalue weighted by molar-refractivity contribution is 9.11. The van der Waals surface area contributed by atoms with Gasteiger partial charge in [0.1, 0.15) is 17.3 Å². The summed E-state index contributed by atoms with van der Waals surface area (Å²) < 4.78 is 44.0. The molecule has 1 aromatic heterocycles. The Balaban J connectivity index is 1.32. The molecule has 0 unspecified atom stereocenters. The van der Waals surface area contributed by atoms with Crippen molar-refractivity contribution in [1.29, 1.82) is 0 Å². The van der Waals surface area contributed by atoms with Crippen molar-refractivity contribution in [3.05, 3.63) is 74.4 Å². The minimum absolute atomic E-state index is 0.0129. The smallest absolute Gasteiger partial charge is 0.337 e. The van der Waals surface area contributed by atoms with Gasteiger partial charge in [0.15, 0.2) is 5.78 Å². The molecule has 0 radical (unpaired) electrons. The maximum absolute atomic E-state index is 13.3. The zero-order chi connectivity index (χ0) is 28.7. The third kappa shape index (κ3) is 7.49. The van der Waals surface area contributed by atoms with Gasteiger partial charge < -0.3 is 14.2 Å². The van der Waals surface area contributed by atoms with Crippen LogP contribution in [0.15, 0.2) is 63.3 Å². The van der Waals surface area contributed by atoms with E-state index in [-0.39, 0.29) is 17.1 Å². The number of methoxy groups -OCH3 is 1. The lowest BCUT2D eigenvalue weighted by Crippen LogP contribution is -2.38. The molecule has 0 spiro atoms. The van der Waals surface area contributed by atoms with Crippen molar-refractivity contribution in [1.82, 2.24) is 4.90 Å². The molecule has 0 saturated carbocycles. The number of anilines is 1. The summed E-state index contributed by atoms with van der Waals surface area (Å²) in [4.78, 5) is 27.3. The summed E-state index contributed by atoms with van der Waals surface area (Å²) in [6, 6.07) is 15.1. The van der Waals surface area contributed by atoms with E-state index in [9.17, 15) is 18.0 Å². The Hall–Kier alpha value is -2.77. The van der Waals surface area contributed by atoms with Gasteiger partial charge in [0, 0.05) is 33.1 Å². The van der Waals surface area contributed by atoms with Crippen LogP contribution in [0, 0.1) is 0 Å². The van der Waals surface area contributed by atoms with Crippen LogP contribution in [0.25, 0.3) is 0 Å². The predicted molar refractivity (Wildman–Crippen MR) is 157 cm³/mol. The maximum atomic E-state index is 13.3. The number of carbonyl (C=O) groups is 2. The van der Waals surface area contributed by atoms with Gasteiger partial charge in [0.05, 0.1) is 40.2 Å². The molecule has 12 heteroatoms. The van der Waals surface area contributed by atoms with Gasteiger partial charge in [-0.05, 0) is 70.4 Å². The molecule has 3 aromatic rings. The van der Waals surface area contributed by atoms with Gasteiger partial charge >= 0.3 is 5.97 Å². The zero-order valence-corrected chi connectivity index (χ0v) is 25.5. The molecule has 1 saturated heterocycles. The molecule has 0 amide bonds. The second kappa shape index (κ2) is 13.7. The van der Waals surface area contributed by atoms with E-state index < -0.39 is 16.0 Å². The normalized spacial score (nSPS) is 14.1. The van der Waals surface area contributed by atoms with Gasteiger partial charge in [-0.2, -0.15) is 0 Å². The van der Waals surface area contributed by atoms with E-state index in [2.05, 4.69) is 25.6 Å². The number of ether oxygens (including phenoxy) is 3. The average Bonchev–Trinajstić information content (AvgIpc) is 3.39. The molecule has 2 heterocycles. The number of ketones is 1. The summed E-state index contributed by atoms with van der Waals surface area (Å²) in [5.74, 6) is 0.136. The first-order valence-electron chi connectivity index (χ1n) is 12.7.